The molecule has 0 radical (unpaired) electrons. The summed E-state index contributed by atoms with van der Waals surface area (Å²) in [6.45, 7) is 0. The van der Waals surface area contributed by atoms with Crippen LogP contribution in [0.5, 0.6) is 0 Å². The Labute approximate surface area is 162 Å². The zero-order valence-electron chi connectivity index (χ0n) is 15.1. The molecule has 1 aromatic heterocycles. The number of H-pyrrole nitrogens is 1. The molecule has 4 N–H and O–H groups in total. The van der Waals surface area contributed by atoms with Crippen LogP contribution in [0.2, 0.25) is 0 Å². The highest BCUT2D eigenvalue weighted by Gasteiger charge is 2.22. The van der Waals surface area contributed by atoms with Crippen LogP contribution in [0.15, 0.2) is 67.0 Å². The molecule has 7 heteroatoms. The van der Waals surface area contributed by atoms with E-state index in [1.165, 1.54) is 12.4 Å². The normalized spacial score (nSPS) is 12.9. The largest absolute Gasteiger partial charge is 0.479 e. The monoisotopic (exact) mass is 379 g/mol. The predicted molar refractivity (Wildman–Crippen MR) is 104 cm³/mol. The van der Waals surface area contributed by atoms with Crippen molar-refractivity contribution in [3.05, 3.63) is 78.1 Å². The molecule has 0 aliphatic heterocycles. The van der Waals surface area contributed by atoms with Gasteiger partial charge in [0.15, 0.2) is 6.10 Å². The number of carboxylic acid groups (broad SMARTS) is 1. The minimum absolute atomic E-state index is 0.0979. The fraction of sp³-hybridized carbons (Fsp3) is 0.190. The van der Waals surface area contributed by atoms with E-state index in [2.05, 4.69) is 15.5 Å². The molecule has 0 fully saturated rings. The molecular weight excluding hydrogens is 358 g/mol. The van der Waals surface area contributed by atoms with Gasteiger partial charge in [-0.3, -0.25) is 9.89 Å². The summed E-state index contributed by atoms with van der Waals surface area (Å²) in [5.74, 6) is -1.70. The molecule has 0 aliphatic carbocycles. The Morgan fingerprint density at radius 3 is 2.32 bits per heavy atom. The van der Waals surface area contributed by atoms with Crippen molar-refractivity contribution in [1.82, 2.24) is 15.5 Å². The van der Waals surface area contributed by atoms with Crippen LogP contribution in [0, 0.1) is 0 Å². The average Bonchev–Trinajstić information content (AvgIpc) is 3.24. The first-order valence-electron chi connectivity index (χ1n) is 8.88. The third-order valence-corrected chi connectivity index (χ3v) is 4.43. The number of carbonyl (C=O) groups is 2. The molecule has 1 heterocycles. The predicted octanol–water partition coefficient (Wildman–Crippen LogP) is 2.25. The lowest BCUT2D eigenvalue weighted by Gasteiger charge is -2.20. The number of nitrogens with one attached hydrogen (secondary N) is 2. The molecule has 0 aliphatic rings. The number of carbonyl (C=O) groups excluding carboxylic acids is 1. The van der Waals surface area contributed by atoms with Gasteiger partial charge in [0.25, 0.3) is 5.91 Å². The molecule has 3 rings (SSSR count). The molecule has 3 aromatic rings. The summed E-state index contributed by atoms with van der Waals surface area (Å²) in [7, 11) is 0. The second-order valence-electron chi connectivity index (χ2n) is 6.51. The van der Waals surface area contributed by atoms with Crippen LogP contribution in [0.3, 0.4) is 0 Å². The van der Waals surface area contributed by atoms with E-state index in [1.54, 1.807) is 0 Å². The average molecular weight is 379 g/mol. The van der Waals surface area contributed by atoms with Gasteiger partial charge in [0.1, 0.15) is 0 Å². The van der Waals surface area contributed by atoms with Gasteiger partial charge in [-0.15, -0.1) is 0 Å². The Morgan fingerprint density at radius 2 is 1.71 bits per heavy atom. The Bertz CT molecular complexity index is 909. The summed E-state index contributed by atoms with van der Waals surface area (Å²) in [5.41, 5.74) is 3.43. The van der Waals surface area contributed by atoms with E-state index in [-0.39, 0.29) is 12.3 Å². The maximum atomic E-state index is 12.3. The number of benzene rings is 2. The first kappa shape index (κ1) is 19.3. The number of rotatable bonds is 8. The molecule has 0 spiro atoms. The summed E-state index contributed by atoms with van der Waals surface area (Å²) in [6, 6.07) is 17.2. The van der Waals surface area contributed by atoms with Crippen LogP contribution in [0.4, 0.5) is 0 Å². The zero-order valence-corrected chi connectivity index (χ0v) is 15.1. The maximum absolute atomic E-state index is 12.3. The molecule has 2 atom stereocenters. The standard InChI is InChI=1S/C21H21N3O4/c25-19(21(27)28)11-18(24-20(26)17-12-22-23-13-17)10-14-6-8-16(9-7-14)15-4-2-1-3-5-15/h1-9,12-13,18-19,25H,10-11H2,(H,22,23)(H,24,26)(H,27,28). The quantitative estimate of drug-likeness (QED) is 0.479. The Hall–Kier alpha value is -3.45. The molecule has 7 nitrogen and oxygen atoms in total. The van der Waals surface area contributed by atoms with Crippen LogP contribution in [0.25, 0.3) is 11.1 Å². The van der Waals surface area contributed by atoms with Crippen molar-refractivity contribution in [2.24, 2.45) is 0 Å². The molecule has 0 saturated carbocycles. The van der Waals surface area contributed by atoms with E-state index in [9.17, 15) is 14.7 Å². The number of nitrogens with zero attached hydrogens (tertiary/aromatic N) is 1. The number of aliphatic carboxylic acids is 1. The van der Waals surface area contributed by atoms with Gasteiger partial charge in [0, 0.05) is 18.7 Å². The van der Waals surface area contributed by atoms with Gasteiger partial charge in [-0.25, -0.2) is 4.79 Å². The van der Waals surface area contributed by atoms with Crippen LogP contribution >= 0.6 is 0 Å². The molecule has 1 amide bonds. The topological polar surface area (TPSA) is 115 Å². The highest BCUT2D eigenvalue weighted by atomic mass is 16.4. The van der Waals surface area contributed by atoms with Crippen molar-refractivity contribution in [2.75, 3.05) is 0 Å². The van der Waals surface area contributed by atoms with Crippen molar-refractivity contribution in [3.8, 4) is 11.1 Å². The SMILES string of the molecule is O=C(NC(Cc1ccc(-c2ccccc2)cc1)CC(O)C(=O)O)c1cn[nH]c1. The van der Waals surface area contributed by atoms with Crippen molar-refractivity contribution in [1.29, 1.82) is 0 Å². The van der Waals surface area contributed by atoms with Gasteiger partial charge in [0.2, 0.25) is 0 Å². The maximum Gasteiger partial charge on any atom is 0.332 e. The van der Waals surface area contributed by atoms with E-state index < -0.39 is 18.1 Å². The van der Waals surface area contributed by atoms with Crippen molar-refractivity contribution in [2.45, 2.75) is 25.0 Å². The highest BCUT2D eigenvalue weighted by Crippen LogP contribution is 2.20. The Balaban J connectivity index is 1.72. The molecule has 144 valence electrons. The number of aromatic amines is 1. The lowest BCUT2D eigenvalue weighted by Crippen LogP contribution is -2.40. The number of amides is 1. The number of hydrogen-bond acceptors (Lipinski definition) is 4. The molecule has 28 heavy (non-hydrogen) atoms. The van der Waals surface area contributed by atoms with E-state index in [0.29, 0.717) is 12.0 Å². The molecule has 0 saturated heterocycles. The van der Waals surface area contributed by atoms with E-state index >= 15 is 0 Å². The van der Waals surface area contributed by atoms with Crippen LogP contribution in [0.1, 0.15) is 22.3 Å². The summed E-state index contributed by atoms with van der Waals surface area (Å²) in [4.78, 5) is 23.3. The van der Waals surface area contributed by atoms with E-state index in [4.69, 9.17) is 5.11 Å². The number of carboxylic acids is 1. The Kier molecular flexibility index (Phi) is 6.18. The van der Waals surface area contributed by atoms with Gasteiger partial charge in [-0.1, -0.05) is 54.6 Å². The van der Waals surface area contributed by atoms with Crippen LogP contribution in [-0.4, -0.2) is 44.4 Å². The van der Waals surface area contributed by atoms with Crippen LogP contribution < -0.4 is 5.32 Å². The van der Waals surface area contributed by atoms with Gasteiger partial charge in [-0.2, -0.15) is 5.10 Å². The van der Waals surface area contributed by atoms with Crippen molar-refractivity contribution >= 4 is 11.9 Å². The van der Waals surface area contributed by atoms with Crippen molar-refractivity contribution < 1.29 is 19.8 Å². The minimum atomic E-state index is -1.56. The Morgan fingerprint density at radius 1 is 1.04 bits per heavy atom. The number of hydrogen-bond donors (Lipinski definition) is 4. The summed E-state index contributed by atoms with van der Waals surface area (Å²) in [6.07, 6.45) is 1.57. The summed E-state index contributed by atoms with van der Waals surface area (Å²) < 4.78 is 0. The van der Waals surface area contributed by atoms with Gasteiger partial charge < -0.3 is 15.5 Å². The first-order chi connectivity index (χ1) is 13.5. The fourth-order valence-corrected chi connectivity index (χ4v) is 2.96. The smallest absolute Gasteiger partial charge is 0.332 e. The number of aliphatic hydroxyl groups excluding tert-OH is 1. The second-order valence-corrected chi connectivity index (χ2v) is 6.51. The zero-order chi connectivity index (χ0) is 19.9. The van der Waals surface area contributed by atoms with Gasteiger partial charge >= 0.3 is 5.97 Å². The number of aliphatic hydroxyl groups is 1. The fourth-order valence-electron chi connectivity index (χ4n) is 2.96. The second kappa shape index (κ2) is 8.96. The van der Waals surface area contributed by atoms with Gasteiger partial charge in [-0.05, 0) is 23.1 Å². The van der Waals surface area contributed by atoms with Crippen molar-refractivity contribution in [3.63, 3.8) is 0 Å². The number of aromatic nitrogens is 2. The lowest BCUT2D eigenvalue weighted by molar-refractivity contribution is -0.147. The van der Waals surface area contributed by atoms with Crippen LogP contribution in [-0.2, 0) is 11.2 Å². The highest BCUT2D eigenvalue weighted by molar-refractivity contribution is 5.93. The lowest BCUT2D eigenvalue weighted by atomic mass is 9.97. The van der Waals surface area contributed by atoms with E-state index in [1.807, 2.05) is 54.6 Å². The third-order valence-electron chi connectivity index (χ3n) is 4.43. The molecular formula is C21H21N3O4. The summed E-state index contributed by atoms with van der Waals surface area (Å²) in [5, 5.41) is 27.8. The first-order valence-corrected chi connectivity index (χ1v) is 8.88. The third kappa shape index (κ3) is 5.05. The molecule has 2 unspecified atom stereocenters. The molecule has 2 aromatic carbocycles. The van der Waals surface area contributed by atoms with Gasteiger partial charge in [0.05, 0.1) is 11.8 Å². The summed E-state index contributed by atoms with van der Waals surface area (Å²) >= 11 is 0. The molecule has 0 bridgehead atoms. The van der Waals surface area contributed by atoms with E-state index in [0.717, 1.165) is 16.7 Å². The minimum Gasteiger partial charge on any atom is -0.479 e.